The van der Waals surface area contributed by atoms with Gasteiger partial charge in [0.1, 0.15) is 0 Å². The minimum atomic E-state index is -0.825. The molecule has 1 aromatic heterocycles. The fourth-order valence-corrected chi connectivity index (χ4v) is 1.28. The number of hydrogen-bond donors (Lipinski definition) is 2. The molecule has 0 aromatic carbocycles. The lowest BCUT2D eigenvalue weighted by atomic mass is 10.1. The predicted octanol–water partition coefficient (Wildman–Crippen LogP) is 1.56. The number of hydrogen-bond acceptors (Lipinski definition) is 3. The lowest BCUT2D eigenvalue weighted by molar-refractivity contribution is -0.137. The molecule has 0 radical (unpaired) electrons. The van der Waals surface area contributed by atoms with Crippen molar-refractivity contribution in [2.45, 2.75) is 32.7 Å². The van der Waals surface area contributed by atoms with Crippen molar-refractivity contribution in [1.29, 1.82) is 0 Å². The molecule has 0 aliphatic rings. The van der Waals surface area contributed by atoms with Crippen LogP contribution in [0.1, 0.15) is 35.8 Å². The largest absolute Gasteiger partial charge is 0.481 e. The number of carboxylic acid groups (broad SMARTS) is 1. The number of rotatable bonds is 4. The molecule has 15 heavy (non-hydrogen) atoms. The van der Waals surface area contributed by atoms with E-state index in [2.05, 4.69) is 4.98 Å². The van der Waals surface area contributed by atoms with Crippen molar-refractivity contribution in [2.75, 3.05) is 0 Å². The summed E-state index contributed by atoms with van der Waals surface area (Å²) in [5.74, 6) is -0.825. The molecule has 0 amide bonds. The molecular formula is C11H16N2O2. The van der Waals surface area contributed by atoms with Crippen LogP contribution in [-0.2, 0) is 4.79 Å². The van der Waals surface area contributed by atoms with Gasteiger partial charge in [0.15, 0.2) is 0 Å². The van der Waals surface area contributed by atoms with Crippen LogP contribution in [0.25, 0.3) is 0 Å². The van der Waals surface area contributed by atoms with Gasteiger partial charge in [-0.2, -0.15) is 0 Å². The van der Waals surface area contributed by atoms with Crippen molar-refractivity contribution < 1.29 is 9.90 Å². The normalized spacial score (nSPS) is 12.5. The van der Waals surface area contributed by atoms with E-state index in [4.69, 9.17) is 10.8 Å². The van der Waals surface area contributed by atoms with Crippen LogP contribution in [0.2, 0.25) is 0 Å². The van der Waals surface area contributed by atoms with E-state index < -0.39 is 5.97 Å². The van der Waals surface area contributed by atoms with Crippen LogP contribution in [0.3, 0.4) is 0 Å². The smallest absolute Gasteiger partial charge is 0.303 e. The molecule has 1 rings (SSSR count). The van der Waals surface area contributed by atoms with E-state index in [9.17, 15) is 4.79 Å². The van der Waals surface area contributed by atoms with Gasteiger partial charge in [-0.1, -0.05) is 6.07 Å². The van der Waals surface area contributed by atoms with Gasteiger partial charge in [0.2, 0.25) is 0 Å². The minimum absolute atomic E-state index is 0.0791. The van der Waals surface area contributed by atoms with E-state index in [1.807, 2.05) is 26.0 Å². The number of aliphatic carboxylic acids is 1. The molecule has 0 spiro atoms. The van der Waals surface area contributed by atoms with Crippen LogP contribution in [0.5, 0.6) is 0 Å². The maximum absolute atomic E-state index is 10.4. The van der Waals surface area contributed by atoms with Gasteiger partial charge >= 0.3 is 5.97 Å². The van der Waals surface area contributed by atoms with E-state index in [1.54, 1.807) is 0 Å². The van der Waals surface area contributed by atoms with Crippen molar-refractivity contribution in [1.82, 2.24) is 4.98 Å². The fraction of sp³-hybridized carbons (Fsp3) is 0.455. The molecule has 1 aromatic rings. The summed E-state index contributed by atoms with van der Waals surface area (Å²) in [5, 5.41) is 8.53. The minimum Gasteiger partial charge on any atom is -0.481 e. The summed E-state index contributed by atoms with van der Waals surface area (Å²) in [6.45, 7) is 3.90. The first kappa shape index (κ1) is 11.7. The number of nitrogens with two attached hydrogens (primary N) is 1. The van der Waals surface area contributed by atoms with Gasteiger partial charge < -0.3 is 10.8 Å². The van der Waals surface area contributed by atoms with E-state index in [0.29, 0.717) is 6.42 Å². The van der Waals surface area contributed by atoms with Gasteiger partial charge in [0.05, 0.1) is 5.69 Å². The zero-order valence-corrected chi connectivity index (χ0v) is 9.03. The van der Waals surface area contributed by atoms with E-state index in [0.717, 1.165) is 17.0 Å². The Morgan fingerprint density at radius 3 is 2.73 bits per heavy atom. The summed E-state index contributed by atoms with van der Waals surface area (Å²) in [6, 6.07) is 3.52. The molecule has 0 saturated carbocycles. The highest BCUT2D eigenvalue weighted by atomic mass is 16.4. The number of pyridine rings is 1. The summed E-state index contributed by atoms with van der Waals surface area (Å²) in [4.78, 5) is 14.7. The molecule has 82 valence electrons. The zero-order valence-electron chi connectivity index (χ0n) is 9.03. The highest BCUT2D eigenvalue weighted by Crippen LogP contribution is 2.15. The summed E-state index contributed by atoms with van der Waals surface area (Å²) in [7, 11) is 0. The van der Waals surface area contributed by atoms with Crippen molar-refractivity contribution in [3.05, 3.63) is 29.1 Å². The highest BCUT2D eigenvalue weighted by Gasteiger charge is 2.10. The number of nitrogens with zero attached hydrogens (tertiary/aromatic N) is 1. The Hall–Kier alpha value is -1.42. The van der Waals surface area contributed by atoms with Crippen LogP contribution >= 0.6 is 0 Å². The number of carboxylic acids is 1. The second-order valence-corrected chi connectivity index (χ2v) is 3.68. The Balaban J connectivity index is 2.69. The zero-order chi connectivity index (χ0) is 11.4. The first-order chi connectivity index (χ1) is 7.00. The van der Waals surface area contributed by atoms with Crippen molar-refractivity contribution in [3.63, 3.8) is 0 Å². The van der Waals surface area contributed by atoms with E-state index in [1.165, 1.54) is 0 Å². The summed E-state index contributed by atoms with van der Waals surface area (Å²) in [5.41, 5.74) is 8.66. The standard InChI is InChI=1S/C11H16N2O2/c1-7-3-5-10(13-8(7)2)9(12)4-6-11(14)15/h3,5,9H,4,6,12H2,1-2H3,(H,14,15). The molecule has 1 atom stereocenters. The Morgan fingerprint density at radius 1 is 1.53 bits per heavy atom. The van der Waals surface area contributed by atoms with Crippen LogP contribution in [0.4, 0.5) is 0 Å². The maximum Gasteiger partial charge on any atom is 0.303 e. The first-order valence-electron chi connectivity index (χ1n) is 4.92. The van der Waals surface area contributed by atoms with Crippen molar-refractivity contribution in [3.8, 4) is 0 Å². The lowest BCUT2D eigenvalue weighted by Crippen LogP contribution is -2.14. The molecule has 0 fully saturated rings. The second kappa shape index (κ2) is 4.89. The average Bonchev–Trinajstić information content (AvgIpc) is 2.18. The van der Waals surface area contributed by atoms with E-state index >= 15 is 0 Å². The fourth-order valence-electron chi connectivity index (χ4n) is 1.28. The second-order valence-electron chi connectivity index (χ2n) is 3.68. The van der Waals surface area contributed by atoms with Crippen molar-refractivity contribution in [2.24, 2.45) is 5.73 Å². The summed E-state index contributed by atoms with van der Waals surface area (Å²) >= 11 is 0. The van der Waals surface area contributed by atoms with Crippen LogP contribution in [0.15, 0.2) is 12.1 Å². The Kier molecular flexibility index (Phi) is 3.80. The monoisotopic (exact) mass is 208 g/mol. The molecule has 0 bridgehead atoms. The Bertz CT molecular complexity index is 364. The molecule has 4 heteroatoms. The van der Waals surface area contributed by atoms with Gasteiger partial charge in [-0.15, -0.1) is 0 Å². The summed E-state index contributed by atoms with van der Waals surface area (Å²) < 4.78 is 0. The van der Waals surface area contributed by atoms with Gasteiger partial charge in [0, 0.05) is 18.2 Å². The summed E-state index contributed by atoms with van der Waals surface area (Å²) in [6.07, 6.45) is 0.501. The molecule has 0 aliphatic carbocycles. The molecular weight excluding hydrogens is 192 g/mol. The van der Waals surface area contributed by atoms with E-state index in [-0.39, 0.29) is 12.5 Å². The van der Waals surface area contributed by atoms with Gasteiger partial charge in [0.25, 0.3) is 0 Å². The highest BCUT2D eigenvalue weighted by molar-refractivity contribution is 5.66. The molecule has 3 N–H and O–H groups in total. The third-order valence-corrected chi connectivity index (χ3v) is 2.42. The number of carbonyl (C=O) groups is 1. The Morgan fingerprint density at radius 2 is 2.20 bits per heavy atom. The molecule has 0 saturated heterocycles. The van der Waals surface area contributed by atoms with Crippen molar-refractivity contribution >= 4 is 5.97 Å². The molecule has 1 unspecified atom stereocenters. The van der Waals surface area contributed by atoms with Gasteiger partial charge in [-0.25, -0.2) is 0 Å². The van der Waals surface area contributed by atoms with Crippen LogP contribution in [0, 0.1) is 13.8 Å². The lowest BCUT2D eigenvalue weighted by Gasteiger charge is -2.11. The quantitative estimate of drug-likeness (QED) is 0.787. The Labute approximate surface area is 89.1 Å². The predicted molar refractivity (Wildman–Crippen MR) is 57.5 cm³/mol. The third kappa shape index (κ3) is 3.32. The topological polar surface area (TPSA) is 76.2 Å². The molecule has 0 aliphatic heterocycles. The van der Waals surface area contributed by atoms with Gasteiger partial charge in [-0.3, -0.25) is 9.78 Å². The van der Waals surface area contributed by atoms with Crippen LogP contribution < -0.4 is 5.73 Å². The number of aryl methyl sites for hydroxylation is 2. The SMILES string of the molecule is Cc1ccc(C(N)CCC(=O)O)nc1C. The van der Waals surface area contributed by atoms with Gasteiger partial charge in [-0.05, 0) is 31.9 Å². The molecule has 4 nitrogen and oxygen atoms in total. The maximum atomic E-state index is 10.4. The average molecular weight is 208 g/mol. The molecule has 1 heterocycles. The number of aromatic nitrogens is 1. The third-order valence-electron chi connectivity index (χ3n) is 2.42. The van der Waals surface area contributed by atoms with Crippen LogP contribution in [-0.4, -0.2) is 16.1 Å². The first-order valence-corrected chi connectivity index (χ1v) is 4.92.